The summed E-state index contributed by atoms with van der Waals surface area (Å²) in [5.41, 5.74) is 1.16. The van der Waals surface area contributed by atoms with Gasteiger partial charge >= 0.3 is 0 Å². The van der Waals surface area contributed by atoms with Crippen molar-refractivity contribution < 1.29 is 0 Å². The monoisotopic (exact) mass is 262 g/mol. The average molecular weight is 262 g/mol. The van der Waals surface area contributed by atoms with Gasteiger partial charge in [-0.1, -0.05) is 13.8 Å². The van der Waals surface area contributed by atoms with Gasteiger partial charge in [-0.2, -0.15) is 0 Å². The van der Waals surface area contributed by atoms with Crippen molar-refractivity contribution in [1.82, 2.24) is 9.97 Å². The molecule has 0 radical (unpaired) electrons. The van der Waals surface area contributed by atoms with Crippen molar-refractivity contribution in [3.8, 4) is 0 Å². The van der Waals surface area contributed by atoms with Gasteiger partial charge in [-0.05, 0) is 38.0 Å². The van der Waals surface area contributed by atoms with Crippen molar-refractivity contribution in [3.63, 3.8) is 0 Å². The minimum absolute atomic E-state index is 0.791. The molecule has 0 amide bonds. The van der Waals surface area contributed by atoms with Gasteiger partial charge in [-0.15, -0.1) is 0 Å². The summed E-state index contributed by atoms with van der Waals surface area (Å²) in [6, 6.07) is 0. The fraction of sp³-hybridized carbons (Fsp3) is 0.733. The first-order valence-electron chi connectivity index (χ1n) is 7.37. The largest absolute Gasteiger partial charge is 0.373 e. The SMILES string of the molecule is CNc1ncnc(N2CCCC(C(C)C)CC2)c1C. The molecule has 0 saturated carbocycles. The van der Waals surface area contributed by atoms with Gasteiger partial charge < -0.3 is 10.2 Å². The highest BCUT2D eigenvalue weighted by molar-refractivity contribution is 5.57. The normalized spacial score (nSPS) is 20.5. The minimum Gasteiger partial charge on any atom is -0.373 e. The van der Waals surface area contributed by atoms with Crippen molar-refractivity contribution in [3.05, 3.63) is 11.9 Å². The van der Waals surface area contributed by atoms with Gasteiger partial charge in [0.2, 0.25) is 0 Å². The Kier molecular flexibility index (Phi) is 4.61. The van der Waals surface area contributed by atoms with Crippen LogP contribution >= 0.6 is 0 Å². The molecule has 0 spiro atoms. The summed E-state index contributed by atoms with van der Waals surface area (Å²) in [4.78, 5) is 11.2. The summed E-state index contributed by atoms with van der Waals surface area (Å²) in [7, 11) is 1.91. The van der Waals surface area contributed by atoms with Crippen molar-refractivity contribution in [2.75, 3.05) is 30.4 Å². The van der Waals surface area contributed by atoms with Gasteiger partial charge in [0.05, 0.1) is 0 Å². The van der Waals surface area contributed by atoms with E-state index < -0.39 is 0 Å². The molecule has 1 fully saturated rings. The van der Waals surface area contributed by atoms with Crippen LogP contribution in [0.4, 0.5) is 11.6 Å². The third kappa shape index (κ3) is 3.17. The molecule has 0 aliphatic carbocycles. The van der Waals surface area contributed by atoms with Crippen LogP contribution in [0.15, 0.2) is 6.33 Å². The average Bonchev–Trinajstić information content (AvgIpc) is 2.65. The van der Waals surface area contributed by atoms with E-state index in [1.54, 1.807) is 6.33 Å². The molecule has 1 atom stereocenters. The third-order valence-corrected chi connectivity index (χ3v) is 4.31. The van der Waals surface area contributed by atoms with E-state index in [-0.39, 0.29) is 0 Å². The van der Waals surface area contributed by atoms with Gasteiger partial charge in [-0.3, -0.25) is 0 Å². The van der Waals surface area contributed by atoms with Crippen molar-refractivity contribution >= 4 is 11.6 Å². The molecule has 0 bridgehead atoms. The molecule has 1 aromatic heterocycles. The fourth-order valence-corrected chi connectivity index (χ4v) is 3.01. The van der Waals surface area contributed by atoms with E-state index in [4.69, 9.17) is 0 Å². The van der Waals surface area contributed by atoms with Gasteiger partial charge in [0, 0.05) is 25.7 Å². The molecule has 1 N–H and O–H groups in total. The molecule has 2 rings (SSSR count). The predicted molar refractivity (Wildman–Crippen MR) is 80.7 cm³/mol. The Morgan fingerprint density at radius 3 is 2.74 bits per heavy atom. The lowest BCUT2D eigenvalue weighted by Gasteiger charge is -2.24. The Balaban J connectivity index is 2.14. The van der Waals surface area contributed by atoms with E-state index in [0.717, 1.165) is 42.1 Å². The molecule has 4 heteroatoms. The van der Waals surface area contributed by atoms with E-state index in [1.807, 2.05) is 7.05 Å². The number of anilines is 2. The lowest BCUT2D eigenvalue weighted by atomic mass is 9.89. The molecule has 19 heavy (non-hydrogen) atoms. The van der Waals surface area contributed by atoms with Crippen LogP contribution < -0.4 is 10.2 Å². The topological polar surface area (TPSA) is 41.1 Å². The van der Waals surface area contributed by atoms with Gasteiger partial charge in [0.15, 0.2) is 0 Å². The van der Waals surface area contributed by atoms with Crippen molar-refractivity contribution in [2.45, 2.75) is 40.0 Å². The highest BCUT2D eigenvalue weighted by atomic mass is 15.2. The summed E-state index contributed by atoms with van der Waals surface area (Å²) in [6.07, 6.45) is 5.55. The van der Waals surface area contributed by atoms with Crippen LogP contribution in [0.3, 0.4) is 0 Å². The van der Waals surface area contributed by atoms with Crippen LogP contribution in [0.2, 0.25) is 0 Å². The molecule has 1 saturated heterocycles. The van der Waals surface area contributed by atoms with Crippen molar-refractivity contribution in [2.24, 2.45) is 11.8 Å². The second-order valence-electron chi connectivity index (χ2n) is 5.84. The smallest absolute Gasteiger partial charge is 0.137 e. The first-order valence-corrected chi connectivity index (χ1v) is 7.37. The quantitative estimate of drug-likeness (QED) is 0.909. The molecule has 1 unspecified atom stereocenters. The fourth-order valence-electron chi connectivity index (χ4n) is 3.01. The number of hydrogen-bond donors (Lipinski definition) is 1. The summed E-state index contributed by atoms with van der Waals surface area (Å²) in [5, 5.41) is 3.14. The minimum atomic E-state index is 0.791. The highest BCUT2D eigenvalue weighted by Gasteiger charge is 2.21. The number of nitrogens with zero attached hydrogens (tertiary/aromatic N) is 3. The van der Waals surface area contributed by atoms with Crippen LogP contribution in [-0.4, -0.2) is 30.1 Å². The Labute approximate surface area is 116 Å². The predicted octanol–water partition coefficient (Wildman–Crippen LogP) is 3.09. The molecule has 1 aromatic rings. The molecule has 1 aliphatic heterocycles. The molecule has 106 valence electrons. The number of hydrogen-bond acceptors (Lipinski definition) is 4. The van der Waals surface area contributed by atoms with E-state index in [1.165, 1.54) is 19.3 Å². The number of nitrogens with one attached hydrogen (secondary N) is 1. The Bertz CT molecular complexity index is 417. The molecule has 4 nitrogen and oxygen atoms in total. The standard InChI is InChI=1S/C15H26N4/c1-11(2)13-6-5-8-19(9-7-13)15-12(3)14(16-4)17-10-18-15/h10-11,13H,5-9H2,1-4H3,(H,16,17,18). The summed E-state index contributed by atoms with van der Waals surface area (Å²) in [6.45, 7) is 9.02. The molecular formula is C15H26N4. The molecular weight excluding hydrogens is 236 g/mol. The van der Waals surface area contributed by atoms with Gasteiger partial charge in [-0.25, -0.2) is 9.97 Å². The molecule has 1 aliphatic rings. The van der Waals surface area contributed by atoms with Crippen molar-refractivity contribution in [1.29, 1.82) is 0 Å². The van der Waals surface area contributed by atoms with Gasteiger partial charge in [0.25, 0.3) is 0 Å². The van der Waals surface area contributed by atoms with Crippen LogP contribution in [0, 0.1) is 18.8 Å². The Morgan fingerprint density at radius 1 is 1.26 bits per heavy atom. The van der Waals surface area contributed by atoms with E-state index >= 15 is 0 Å². The second kappa shape index (κ2) is 6.22. The lowest BCUT2D eigenvalue weighted by molar-refractivity contribution is 0.351. The van der Waals surface area contributed by atoms with Crippen LogP contribution in [-0.2, 0) is 0 Å². The lowest BCUT2D eigenvalue weighted by Crippen LogP contribution is -2.26. The highest BCUT2D eigenvalue weighted by Crippen LogP contribution is 2.29. The maximum atomic E-state index is 4.50. The molecule has 0 aromatic carbocycles. The van der Waals surface area contributed by atoms with Crippen LogP contribution in [0.5, 0.6) is 0 Å². The van der Waals surface area contributed by atoms with Crippen LogP contribution in [0.25, 0.3) is 0 Å². The number of rotatable bonds is 3. The second-order valence-corrected chi connectivity index (χ2v) is 5.84. The first kappa shape index (κ1) is 14.1. The van der Waals surface area contributed by atoms with Gasteiger partial charge in [0.1, 0.15) is 18.0 Å². The zero-order valence-electron chi connectivity index (χ0n) is 12.6. The summed E-state index contributed by atoms with van der Waals surface area (Å²) >= 11 is 0. The van der Waals surface area contributed by atoms with E-state index in [0.29, 0.717) is 0 Å². The zero-order chi connectivity index (χ0) is 13.8. The maximum absolute atomic E-state index is 4.50. The van der Waals surface area contributed by atoms with E-state index in [9.17, 15) is 0 Å². The Hall–Kier alpha value is -1.32. The summed E-state index contributed by atoms with van der Waals surface area (Å²) < 4.78 is 0. The summed E-state index contributed by atoms with van der Waals surface area (Å²) in [5.74, 6) is 3.69. The zero-order valence-corrected chi connectivity index (χ0v) is 12.6. The number of aromatic nitrogens is 2. The maximum Gasteiger partial charge on any atom is 0.137 e. The first-order chi connectivity index (χ1) is 9.13. The molecule has 2 heterocycles. The third-order valence-electron chi connectivity index (χ3n) is 4.31. The Morgan fingerprint density at radius 2 is 2.05 bits per heavy atom. The van der Waals surface area contributed by atoms with E-state index in [2.05, 4.69) is 41.0 Å². The van der Waals surface area contributed by atoms with Crippen LogP contribution in [0.1, 0.15) is 38.7 Å².